The zero-order valence-corrected chi connectivity index (χ0v) is 15.9. The number of amides is 1. The predicted molar refractivity (Wildman–Crippen MR) is 103 cm³/mol. The summed E-state index contributed by atoms with van der Waals surface area (Å²) in [5, 5.41) is 20.3. The van der Waals surface area contributed by atoms with Crippen LogP contribution >= 0.6 is 0 Å². The molecule has 154 valence electrons. The van der Waals surface area contributed by atoms with Crippen LogP contribution in [-0.2, 0) is 20.8 Å². The number of para-hydroxylation sites is 1. The van der Waals surface area contributed by atoms with Crippen molar-refractivity contribution in [3.05, 3.63) is 53.8 Å². The summed E-state index contributed by atoms with van der Waals surface area (Å²) in [6, 6.07) is 11.0. The molecule has 1 atom stereocenters. The zero-order valence-electron chi connectivity index (χ0n) is 15.9. The summed E-state index contributed by atoms with van der Waals surface area (Å²) in [6.45, 7) is 0. The third kappa shape index (κ3) is 6.60. The van der Waals surface area contributed by atoms with Gasteiger partial charge in [-0.3, -0.25) is 14.4 Å². The van der Waals surface area contributed by atoms with Gasteiger partial charge in [0.25, 0.3) is 0 Å². The van der Waals surface area contributed by atoms with Gasteiger partial charge < -0.3 is 20.3 Å². The van der Waals surface area contributed by atoms with Gasteiger partial charge in [-0.05, 0) is 23.6 Å². The summed E-state index contributed by atoms with van der Waals surface area (Å²) < 4.78 is 19.0. The van der Waals surface area contributed by atoms with Gasteiger partial charge in [0.1, 0.15) is 0 Å². The Morgan fingerprint density at radius 1 is 1.03 bits per heavy atom. The average molecular weight is 403 g/mol. The van der Waals surface area contributed by atoms with Crippen molar-refractivity contribution >= 4 is 17.8 Å². The van der Waals surface area contributed by atoms with Gasteiger partial charge in [-0.25, -0.2) is 4.39 Å². The fraction of sp³-hybridized carbons (Fsp3) is 0.286. The van der Waals surface area contributed by atoms with E-state index in [4.69, 9.17) is 14.9 Å². The molecule has 7 nitrogen and oxygen atoms in total. The largest absolute Gasteiger partial charge is 0.493 e. The first-order valence-electron chi connectivity index (χ1n) is 8.95. The van der Waals surface area contributed by atoms with Crippen LogP contribution in [0.2, 0.25) is 0 Å². The van der Waals surface area contributed by atoms with E-state index >= 15 is 0 Å². The molecule has 2 rings (SSSR count). The number of methoxy groups -OCH3 is 1. The molecule has 0 saturated carbocycles. The Labute approximate surface area is 167 Å². The SMILES string of the molecule is COc1c(F)cccc1-c1ccc(CC(CC(=O)O)NC(=O)CCC(=O)O)cc1. The second kappa shape index (κ2) is 10.2. The summed E-state index contributed by atoms with van der Waals surface area (Å²) in [5.41, 5.74) is 2.09. The Morgan fingerprint density at radius 3 is 2.31 bits per heavy atom. The summed E-state index contributed by atoms with van der Waals surface area (Å²) in [4.78, 5) is 33.5. The number of carbonyl (C=O) groups is 3. The van der Waals surface area contributed by atoms with E-state index < -0.39 is 29.7 Å². The third-order valence-electron chi connectivity index (χ3n) is 4.27. The molecule has 0 aliphatic carbocycles. The topological polar surface area (TPSA) is 113 Å². The average Bonchev–Trinajstić information content (AvgIpc) is 2.66. The summed E-state index contributed by atoms with van der Waals surface area (Å²) in [6.07, 6.45) is -0.580. The Bertz CT molecular complexity index is 881. The van der Waals surface area contributed by atoms with Crippen molar-refractivity contribution in [3.8, 4) is 16.9 Å². The zero-order chi connectivity index (χ0) is 21.4. The summed E-state index contributed by atoms with van der Waals surface area (Å²) in [5.74, 6) is -3.03. The molecule has 0 fully saturated rings. The van der Waals surface area contributed by atoms with E-state index in [-0.39, 0.29) is 31.4 Å². The number of carboxylic acid groups (broad SMARTS) is 2. The van der Waals surface area contributed by atoms with Crippen LogP contribution in [0.25, 0.3) is 11.1 Å². The van der Waals surface area contributed by atoms with E-state index in [9.17, 15) is 18.8 Å². The van der Waals surface area contributed by atoms with Crippen molar-refractivity contribution in [1.82, 2.24) is 5.32 Å². The van der Waals surface area contributed by atoms with Crippen molar-refractivity contribution in [2.24, 2.45) is 0 Å². The normalized spacial score (nSPS) is 11.5. The molecule has 2 aromatic carbocycles. The first kappa shape index (κ1) is 21.9. The third-order valence-corrected chi connectivity index (χ3v) is 4.27. The number of halogens is 1. The van der Waals surface area contributed by atoms with Crippen LogP contribution in [0, 0.1) is 5.82 Å². The van der Waals surface area contributed by atoms with Crippen molar-refractivity contribution in [3.63, 3.8) is 0 Å². The van der Waals surface area contributed by atoms with Crippen molar-refractivity contribution in [2.45, 2.75) is 31.7 Å². The number of hydrogen-bond donors (Lipinski definition) is 3. The van der Waals surface area contributed by atoms with E-state index in [1.807, 2.05) is 0 Å². The molecule has 0 aromatic heterocycles. The molecular formula is C21H22FNO6. The van der Waals surface area contributed by atoms with Crippen LogP contribution < -0.4 is 10.1 Å². The lowest BCUT2D eigenvalue weighted by molar-refractivity contribution is -0.140. The van der Waals surface area contributed by atoms with E-state index in [1.54, 1.807) is 36.4 Å². The number of rotatable bonds is 10. The maximum Gasteiger partial charge on any atom is 0.305 e. The van der Waals surface area contributed by atoms with E-state index in [2.05, 4.69) is 5.32 Å². The Hall–Kier alpha value is -3.42. The molecule has 0 saturated heterocycles. The van der Waals surface area contributed by atoms with Crippen molar-refractivity contribution < 1.29 is 33.7 Å². The Kier molecular flexibility index (Phi) is 7.70. The van der Waals surface area contributed by atoms with Crippen LogP contribution in [0.15, 0.2) is 42.5 Å². The molecule has 3 N–H and O–H groups in total. The highest BCUT2D eigenvalue weighted by Crippen LogP contribution is 2.32. The maximum absolute atomic E-state index is 13.9. The number of aliphatic carboxylic acids is 2. The second-order valence-electron chi connectivity index (χ2n) is 6.48. The standard InChI is InChI=1S/C21H22FNO6/c1-29-21-16(3-2-4-17(21)22)14-7-5-13(6-8-14)11-15(12-20(27)28)23-18(24)9-10-19(25)26/h2-8,15H,9-12H2,1H3,(H,23,24)(H,25,26)(H,27,28). The maximum atomic E-state index is 13.9. The molecule has 8 heteroatoms. The van der Waals surface area contributed by atoms with Crippen LogP contribution in [0.3, 0.4) is 0 Å². The monoisotopic (exact) mass is 403 g/mol. The lowest BCUT2D eigenvalue weighted by Crippen LogP contribution is -2.38. The molecule has 0 aliphatic rings. The number of carbonyl (C=O) groups excluding carboxylic acids is 1. The van der Waals surface area contributed by atoms with Gasteiger partial charge in [0.05, 0.1) is 20.0 Å². The minimum absolute atomic E-state index is 0.134. The Morgan fingerprint density at radius 2 is 1.72 bits per heavy atom. The Balaban J connectivity index is 2.12. The highest BCUT2D eigenvalue weighted by molar-refractivity contribution is 5.81. The van der Waals surface area contributed by atoms with E-state index in [1.165, 1.54) is 13.2 Å². The van der Waals surface area contributed by atoms with Gasteiger partial charge in [0.15, 0.2) is 11.6 Å². The highest BCUT2D eigenvalue weighted by atomic mass is 19.1. The molecular weight excluding hydrogens is 381 g/mol. The minimum Gasteiger partial charge on any atom is -0.493 e. The number of hydrogen-bond acceptors (Lipinski definition) is 4. The number of carboxylic acids is 2. The molecule has 29 heavy (non-hydrogen) atoms. The molecule has 0 radical (unpaired) electrons. The van der Waals surface area contributed by atoms with Crippen LogP contribution in [0.1, 0.15) is 24.8 Å². The van der Waals surface area contributed by atoms with Crippen LogP contribution in [0.5, 0.6) is 5.75 Å². The van der Waals surface area contributed by atoms with Gasteiger partial charge in [-0.1, -0.05) is 36.4 Å². The molecule has 2 aromatic rings. The van der Waals surface area contributed by atoms with Gasteiger partial charge in [0, 0.05) is 18.0 Å². The van der Waals surface area contributed by atoms with E-state index in [0.717, 1.165) is 11.1 Å². The smallest absolute Gasteiger partial charge is 0.305 e. The number of benzene rings is 2. The predicted octanol–water partition coefficient (Wildman–Crippen LogP) is 2.87. The van der Waals surface area contributed by atoms with E-state index in [0.29, 0.717) is 5.56 Å². The van der Waals surface area contributed by atoms with Gasteiger partial charge in [-0.2, -0.15) is 0 Å². The van der Waals surface area contributed by atoms with Gasteiger partial charge >= 0.3 is 11.9 Å². The molecule has 0 heterocycles. The second-order valence-corrected chi connectivity index (χ2v) is 6.48. The van der Waals surface area contributed by atoms with Gasteiger partial charge in [0.2, 0.25) is 5.91 Å². The first-order valence-corrected chi connectivity index (χ1v) is 8.95. The van der Waals surface area contributed by atoms with Crippen LogP contribution in [-0.4, -0.2) is 41.2 Å². The van der Waals surface area contributed by atoms with Gasteiger partial charge in [-0.15, -0.1) is 0 Å². The fourth-order valence-corrected chi connectivity index (χ4v) is 2.95. The highest BCUT2D eigenvalue weighted by Gasteiger charge is 2.18. The molecule has 1 amide bonds. The molecule has 0 aliphatic heterocycles. The lowest BCUT2D eigenvalue weighted by Gasteiger charge is -2.17. The van der Waals surface area contributed by atoms with Crippen LogP contribution in [0.4, 0.5) is 4.39 Å². The molecule has 0 spiro atoms. The van der Waals surface area contributed by atoms with Crippen molar-refractivity contribution in [2.75, 3.05) is 7.11 Å². The molecule has 1 unspecified atom stereocenters. The summed E-state index contributed by atoms with van der Waals surface area (Å²) in [7, 11) is 1.39. The minimum atomic E-state index is -1.10. The number of ether oxygens (including phenoxy) is 1. The lowest BCUT2D eigenvalue weighted by atomic mass is 9.98. The summed E-state index contributed by atoms with van der Waals surface area (Å²) >= 11 is 0. The fourth-order valence-electron chi connectivity index (χ4n) is 2.95. The number of nitrogens with one attached hydrogen (secondary N) is 1. The van der Waals surface area contributed by atoms with Crippen molar-refractivity contribution in [1.29, 1.82) is 0 Å². The first-order chi connectivity index (χ1) is 13.8. The quantitative estimate of drug-likeness (QED) is 0.562. The molecule has 0 bridgehead atoms.